The van der Waals surface area contributed by atoms with E-state index in [9.17, 15) is 4.91 Å². The average molecular weight is 283 g/mol. The number of ether oxygens (including phenoxy) is 1. The van der Waals surface area contributed by atoms with E-state index in [1.807, 2.05) is 30.3 Å². The summed E-state index contributed by atoms with van der Waals surface area (Å²) in [5, 5.41) is 3.03. The van der Waals surface area contributed by atoms with Gasteiger partial charge in [0.2, 0.25) is 0 Å². The van der Waals surface area contributed by atoms with Gasteiger partial charge < -0.3 is 4.74 Å². The largest absolute Gasteiger partial charge is 0.493 e. The standard InChI is InChI=1S/C18H21NO2/c1-18(2,3)15-8-10-16(11-9-15)21-13-12-14-6-4-5-7-17(14)19-20/h4-11H,12-13H2,1-3H3. The van der Waals surface area contributed by atoms with E-state index < -0.39 is 0 Å². The van der Waals surface area contributed by atoms with E-state index >= 15 is 0 Å². The first-order chi connectivity index (χ1) is 10.0. The first-order valence-corrected chi connectivity index (χ1v) is 7.15. The summed E-state index contributed by atoms with van der Waals surface area (Å²) in [6.07, 6.45) is 0.670. The van der Waals surface area contributed by atoms with Crippen LogP contribution in [0.25, 0.3) is 0 Å². The minimum atomic E-state index is 0.146. The monoisotopic (exact) mass is 283 g/mol. The minimum absolute atomic E-state index is 0.146. The Morgan fingerprint density at radius 2 is 1.67 bits per heavy atom. The molecule has 0 unspecified atom stereocenters. The molecular formula is C18H21NO2. The van der Waals surface area contributed by atoms with Crippen molar-refractivity contribution in [2.75, 3.05) is 6.61 Å². The molecule has 0 aliphatic carbocycles. The number of hydrogen-bond donors (Lipinski definition) is 0. The van der Waals surface area contributed by atoms with Crippen molar-refractivity contribution in [1.29, 1.82) is 0 Å². The molecule has 0 aliphatic rings. The highest BCUT2D eigenvalue weighted by Gasteiger charge is 2.12. The molecule has 2 aromatic carbocycles. The molecule has 0 fully saturated rings. The minimum Gasteiger partial charge on any atom is -0.493 e. The van der Waals surface area contributed by atoms with Gasteiger partial charge in [-0.05, 0) is 39.9 Å². The third-order valence-corrected chi connectivity index (χ3v) is 3.45. The fraction of sp³-hybridized carbons (Fsp3) is 0.333. The van der Waals surface area contributed by atoms with Gasteiger partial charge in [0, 0.05) is 6.42 Å². The molecule has 0 atom stereocenters. The molecule has 3 nitrogen and oxygen atoms in total. The first-order valence-electron chi connectivity index (χ1n) is 7.15. The molecule has 0 aliphatic heterocycles. The van der Waals surface area contributed by atoms with E-state index in [1.54, 1.807) is 6.07 Å². The molecular weight excluding hydrogens is 262 g/mol. The molecule has 0 heterocycles. The van der Waals surface area contributed by atoms with Crippen LogP contribution in [0.5, 0.6) is 5.75 Å². The van der Waals surface area contributed by atoms with Gasteiger partial charge in [0.25, 0.3) is 0 Å². The Kier molecular flexibility index (Phi) is 4.73. The van der Waals surface area contributed by atoms with Gasteiger partial charge in [-0.3, -0.25) is 0 Å². The zero-order valence-corrected chi connectivity index (χ0v) is 12.8. The molecule has 2 rings (SSSR count). The van der Waals surface area contributed by atoms with Crippen LogP contribution in [0.4, 0.5) is 5.69 Å². The summed E-state index contributed by atoms with van der Waals surface area (Å²) >= 11 is 0. The Labute approximate surface area is 125 Å². The zero-order valence-electron chi connectivity index (χ0n) is 12.8. The van der Waals surface area contributed by atoms with Crippen LogP contribution in [-0.2, 0) is 11.8 Å². The predicted octanol–water partition coefficient (Wildman–Crippen LogP) is 5.00. The average Bonchev–Trinajstić information content (AvgIpc) is 2.47. The van der Waals surface area contributed by atoms with Gasteiger partial charge in [0.05, 0.1) is 6.61 Å². The van der Waals surface area contributed by atoms with Crippen LogP contribution >= 0.6 is 0 Å². The van der Waals surface area contributed by atoms with Gasteiger partial charge in [-0.15, -0.1) is 4.91 Å². The van der Waals surface area contributed by atoms with Crippen molar-refractivity contribution >= 4 is 5.69 Å². The van der Waals surface area contributed by atoms with Gasteiger partial charge >= 0.3 is 0 Å². The SMILES string of the molecule is CC(C)(C)c1ccc(OCCc2ccccc2N=O)cc1. The molecule has 110 valence electrons. The van der Waals surface area contributed by atoms with Crippen molar-refractivity contribution < 1.29 is 4.74 Å². The summed E-state index contributed by atoms with van der Waals surface area (Å²) in [5.74, 6) is 0.847. The summed E-state index contributed by atoms with van der Waals surface area (Å²) in [6, 6.07) is 15.5. The van der Waals surface area contributed by atoms with E-state index in [0.29, 0.717) is 18.7 Å². The van der Waals surface area contributed by atoms with Crippen molar-refractivity contribution in [3.8, 4) is 5.75 Å². The van der Waals surface area contributed by atoms with Crippen LogP contribution in [0.1, 0.15) is 31.9 Å². The lowest BCUT2D eigenvalue weighted by Crippen LogP contribution is -2.10. The summed E-state index contributed by atoms with van der Waals surface area (Å²) in [5.41, 5.74) is 2.83. The van der Waals surface area contributed by atoms with Crippen LogP contribution in [-0.4, -0.2) is 6.61 Å². The number of hydrogen-bond acceptors (Lipinski definition) is 3. The molecule has 0 bridgehead atoms. The van der Waals surface area contributed by atoms with Crippen molar-refractivity contribution in [3.63, 3.8) is 0 Å². The fourth-order valence-corrected chi connectivity index (χ4v) is 2.14. The molecule has 0 spiro atoms. The van der Waals surface area contributed by atoms with Gasteiger partial charge in [0.15, 0.2) is 0 Å². The number of nitrogens with zero attached hydrogens (tertiary/aromatic N) is 1. The lowest BCUT2D eigenvalue weighted by Gasteiger charge is -2.19. The number of rotatable bonds is 5. The van der Waals surface area contributed by atoms with Gasteiger partial charge in [-0.1, -0.05) is 51.1 Å². The van der Waals surface area contributed by atoms with Crippen molar-refractivity contribution in [2.24, 2.45) is 5.18 Å². The van der Waals surface area contributed by atoms with Crippen molar-refractivity contribution in [2.45, 2.75) is 32.6 Å². The molecule has 0 saturated heterocycles. The second kappa shape index (κ2) is 6.53. The fourth-order valence-electron chi connectivity index (χ4n) is 2.14. The highest BCUT2D eigenvalue weighted by atomic mass is 16.5. The van der Waals surface area contributed by atoms with Crippen LogP contribution in [0.15, 0.2) is 53.7 Å². The summed E-state index contributed by atoms with van der Waals surface area (Å²) in [7, 11) is 0. The Bertz CT molecular complexity index is 597. The van der Waals surface area contributed by atoms with Crippen LogP contribution in [0.3, 0.4) is 0 Å². The van der Waals surface area contributed by atoms with Crippen LogP contribution < -0.4 is 4.74 Å². The van der Waals surface area contributed by atoms with E-state index in [2.05, 4.69) is 38.1 Å². The number of nitroso groups, excluding NO2 is 1. The first kappa shape index (κ1) is 15.2. The van der Waals surface area contributed by atoms with E-state index in [0.717, 1.165) is 11.3 Å². The smallest absolute Gasteiger partial charge is 0.119 e. The highest BCUT2D eigenvalue weighted by Crippen LogP contribution is 2.24. The number of benzene rings is 2. The molecule has 21 heavy (non-hydrogen) atoms. The maximum absolute atomic E-state index is 10.7. The second-order valence-electron chi connectivity index (χ2n) is 6.09. The van der Waals surface area contributed by atoms with Crippen molar-refractivity contribution in [3.05, 3.63) is 64.6 Å². The van der Waals surface area contributed by atoms with E-state index in [1.165, 1.54) is 5.56 Å². The Morgan fingerprint density at radius 1 is 1.00 bits per heavy atom. The normalized spacial score (nSPS) is 11.2. The molecule has 0 radical (unpaired) electrons. The molecule has 0 aromatic heterocycles. The Balaban J connectivity index is 1.93. The Morgan fingerprint density at radius 3 is 2.29 bits per heavy atom. The lowest BCUT2D eigenvalue weighted by atomic mass is 9.87. The Hall–Kier alpha value is -2.16. The third-order valence-electron chi connectivity index (χ3n) is 3.45. The van der Waals surface area contributed by atoms with Crippen LogP contribution in [0.2, 0.25) is 0 Å². The predicted molar refractivity (Wildman–Crippen MR) is 86.2 cm³/mol. The van der Waals surface area contributed by atoms with Crippen LogP contribution in [0, 0.1) is 4.91 Å². The molecule has 3 heteroatoms. The molecule has 0 N–H and O–H groups in total. The quantitative estimate of drug-likeness (QED) is 0.724. The maximum atomic E-state index is 10.7. The van der Waals surface area contributed by atoms with E-state index in [-0.39, 0.29) is 5.41 Å². The lowest BCUT2D eigenvalue weighted by molar-refractivity contribution is 0.322. The van der Waals surface area contributed by atoms with Gasteiger partial charge in [0.1, 0.15) is 11.4 Å². The topological polar surface area (TPSA) is 38.7 Å². The highest BCUT2D eigenvalue weighted by molar-refractivity contribution is 5.45. The molecule has 2 aromatic rings. The third kappa shape index (κ3) is 4.15. The second-order valence-corrected chi connectivity index (χ2v) is 6.09. The molecule has 0 amide bonds. The summed E-state index contributed by atoms with van der Waals surface area (Å²) in [4.78, 5) is 10.7. The molecule has 0 saturated carbocycles. The van der Waals surface area contributed by atoms with Gasteiger partial charge in [-0.2, -0.15) is 0 Å². The summed E-state index contributed by atoms with van der Waals surface area (Å²) < 4.78 is 5.73. The maximum Gasteiger partial charge on any atom is 0.119 e. The van der Waals surface area contributed by atoms with E-state index in [4.69, 9.17) is 4.74 Å². The van der Waals surface area contributed by atoms with Gasteiger partial charge in [-0.25, -0.2) is 0 Å². The zero-order chi connectivity index (χ0) is 15.3. The summed E-state index contributed by atoms with van der Waals surface area (Å²) in [6.45, 7) is 7.09. The van der Waals surface area contributed by atoms with Crippen molar-refractivity contribution in [1.82, 2.24) is 0 Å².